The molecule has 8 heteroatoms. The van der Waals surface area contributed by atoms with Gasteiger partial charge in [0.2, 0.25) is 10.0 Å². The van der Waals surface area contributed by atoms with E-state index in [1.165, 1.54) is 18.2 Å². The minimum Gasteiger partial charge on any atom is -0.480 e. The third-order valence-electron chi connectivity index (χ3n) is 3.55. The van der Waals surface area contributed by atoms with E-state index in [1.807, 2.05) is 6.07 Å². The Labute approximate surface area is 127 Å². The van der Waals surface area contributed by atoms with Crippen LogP contribution >= 0.6 is 11.6 Å². The molecule has 0 amide bonds. The van der Waals surface area contributed by atoms with E-state index >= 15 is 0 Å². The molecule has 1 aromatic rings. The third-order valence-corrected chi connectivity index (χ3v) is 5.92. The molecule has 1 saturated heterocycles. The molecule has 1 aliphatic heterocycles. The number of hydrogen-bond acceptors (Lipinski definition) is 4. The lowest BCUT2D eigenvalue weighted by molar-refractivity contribution is -0.141. The van der Waals surface area contributed by atoms with E-state index in [2.05, 4.69) is 0 Å². The van der Waals surface area contributed by atoms with Crippen molar-refractivity contribution in [1.29, 1.82) is 5.26 Å². The molecule has 1 aromatic carbocycles. The van der Waals surface area contributed by atoms with Crippen LogP contribution in [0.1, 0.15) is 18.9 Å². The van der Waals surface area contributed by atoms with Crippen LogP contribution in [-0.4, -0.2) is 36.4 Å². The minimum absolute atomic E-state index is 0.0299. The number of rotatable bonds is 3. The summed E-state index contributed by atoms with van der Waals surface area (Å²) >= 11 is 5.92. The van der Waals surface area contributed by atoms with E-state index in [1.54, 1.807) is 6.92 Å². The van der Waals surface area contributed by atoms with Gasteiger partial charge in [0.05, 0.1) is 16.7 Å². The highest BCUT2D eigenvalue weighted by Gasteiger charge is 2.44. The molecule has 2 rings (SSSR count). The highest BCUT2D eigenvalue weighted by molar-refractivity contribution is 7.89. The highest BCUT2D eigenvalue weighted by atomic mass is 35.5. The molecule has 112 valence electrons. The van der Waals surface area contributed by atoms with Gasteiger partial charge in [-0.15, -0.1) is 0 Å². The van der Waals surface area contributed by atoms with E-state index in [0.717, 1.165) is 4.31 Å². The minimum atomic E-state index is -4.06. The lowest BCUT2D eigenvalue weighted by atomic mass is 10.0. The van der Waals surface area contributed by atoms with Gasteiger partial charge < -0.3 is 5.11 Å². The van der Waals surface area contributed by atoms with Crippen LogP contribution in [0.25, 0.3) is 0 Å². The molecular formula is C13H13ClN2O4S. The van der Waals surface area contributed by atoms with Crippen molar-refractivity contribution >= 4 is 27.6 Å². The second-order valence-corrected chi connectivity index (χ2v) is 7.19. The molecule has 0 aliphatic carbocycles. The zero-order valence-corrected chi connectivity index (χ0v) is 12.7. The van der Waals surface area contributed by atoms with Crippen molar-refractivity contribution in [2.24, 2.45) is 5.92 Å². The summed E-state index contributed by atoms with van der Waals surface area (Å²) in [7, 11) is -4.06. The number of halogens is 1. The zero-order valence-electron chi connectivity index (χ0n) is 11.2. The second kappa shape index (κ2) is 5.64. The Morgan fingerprint density at radius 3 is 2.76 bits per heavy atom. The van der Waals surface area contributed by atoms with E-state index < -0.39 is 22.0 Å². The molecular weight excluding hydrogens is 316 g/mol. The SMILES string of the molecule is CC1CCN(S(=O)(=O)c2cc(C#N)ccc2Cl)C1C(=O)O. The van der Waals surface area contributed by atoms with Gasteiger partial charge in [-0.1, -0.05) is 18.5 Å². The maximum atomic E-state index is 12.7. The smallest absolute Gasteiger partial charge is 0.322 e. The standard InChI is InChI=1S/C13H13ClN2O4S/c1-8-4-5-16(12(8)13(17)18)21(19,20)11-6-9(7-15)2-3-10(11)14/h2-3,6,8,12H,4-5H2,1H3,(H,17,18). The molecule has 0 aromatic heterocycles. The first-order valence-corrected chi connectivity index (χ1v) is 8.05. The molecule has 1 heterocycles. The van der Waals surface area contributed by atoms with Crippen LogP contribution in [0.15, 0.2) is 23.1 Å². The van der Waals surface area contributed by atoms with Crippen molar-refractivity contribution in [3.63, 3.8) is 0 Å². The molecule has 0 bridgehead atoms. The quantitative estimate of drug-likeness (QED) is 0.910. The van der Waals surface area contributed by atoms with E-state index in [0.29, 0.717) is 6.42 Å². The average Bonchev–Trinajstić information content (AvgIpc) is 2.82. The summed E-state index contributed by atoms with van der Waals surface area (Å²) in [5, 5.41) is 18.1. The van der Waals surface area contributed by atoms with Gasteiger partial charge in [0.25, 0.3) is 0 Å². The summed E-state index contributed by atoms with van der Waals surface area (Å²) in [6.07, 6.45) is 0.464. The Morgan fingerprint density at radius 2 is 2.19 bits per heavy atom. The molecule has 0 saturated carbocycles. The number of sulfonamides is 1. The van der Waals surface area contributed by atoms with Crippen LogP contribution < -0.4 is 0 Å². The van der Waals surface area contributed by atoms with Crippen LogP contribution in [0.4, 0.5) is 0 Å². The van der Waals surface area contributed by atoms with Crippen LogP contribution in [0.2, 0.25) is 5.02 Å². The molecule has 21 heavy (non-hydrogen) atoms. The molecule has 1 N–H and O–H groups in total. The normalized spacial score (nSPS) is 22.9. The number of nitriles is 1. The maximum Gasteiger partial charge on any atom is 0.322 e. The Bertz CT molecular complexity index is 726. The molecule has 2 atom stereocenters. The van der Waals surface area contributed by atoms with Crippen molar-refractivity contribution in [3.05, 3.63) is 28.8 Å². The highest BCUT2D eigenvalue weighted by Crippen LogP contribution is 2.33. The molecule has 0 spiro atoms. The zero-order chi connectivity index (χ0) is 15.8. The first-order valence-electron chi connectivity index (χ1n) is 6.23. The largest absolute Gasteiger partial charge is 0.480 e. The van der Waals surface area contributed by atoms with Gasteiger partial charge in [-0.05, 0) is 30.5 Å². The topological polar surface area (TPSA) is 98.5 Å². The average molecular weight is 329 g/mol. The van der Waals surface area contributed by atoms with Crippen LogP contribution in [-0.2, 0) is 14.8 Å². The van der Waals surface area contributed by atoms with Gasteiger partial charge in [0.15, 0.2) is 0 Å². The summed E-state index contributed by atoms with van der Waals surface area (Å²) in [6.45, 7) is 1.81. The molecule has 2 unspecified atom stereocenters. The predicted molar refractivity (Wildman–Crippen MR) is 75.3 cm³/mol. The Morgan fingerprint density at radius 1 is 1.52 bits per heavy atom. The van der Waals surface area contributed by atoms with Crippen LogP contribution in [0, 0.1) is 17.2 Å². The Kier molecular flexibility index (Phi) is 4.23. The fourth-order valence-corrected chi connectivity index (χ4v) is 4.64. The van der Waals surface area contributed by atoms with Gasteiger partial charge in [0, 0.05) is 6.54 Å². The van der Waals surface area contributed by atoms with E-state index in [9.17, 15) is 18.3 Å². The van der Waals surface area contributed by atoms with Crippen molar-refractivity contribution in [2.45, 2.75) is 24.3 Å². The first-order chi connectivity index (χ1) is 9.78. The maximum absolute atomic E-state index is 12.7. The Balaban J connectivity index is 2.53. The predicted octanol–water partition coefficient (Wildman–Crippen LogP) is 1.70. The van der Waals surface area contributed by atoms with Gasteiger partial charge in [-0.3, -0.25) is 4.79 Å². The molecule has 1 fully saturated rings. The number of aliphatic carboxylic acids is 1. The number of benzene rings is 1. The summed E-state index contributed by atoms with van der Waals surface area (Å²) < 4.78 is 26.3. The van der Waals surface area contributed by atoms with Crippen molar-refractivity contribution in [1.82, 2.24) is 4.31 Å². The summed E-state index contributed by atoms with van der Waals surface area (Å²) in [4.78, 5) is 11.1. The van der Waals surface area contributed by atoms with Crippen LogP contribution in [0.3, 0.4) is 0 Å². The van der Waals surface area contributed by atoms with Crippen molar-refractivity contribution < 1.29 is 18.3 Å². The van der Waals surface area contributed by atoms with E-state index in [-0.39, 0.29) is 27.9 Å². The number of nitrogens with zero attached hydrogens (tertiary/aromatic N) is 2. The summed E-state index contributed by atoms with van der Waals surface area (Å²) in [5.41, 5.74) is 0.150. The molecule has 6 nitrogen and oxygen atoms in total. The Hall–Kier alpha value is -1.62. The fraction of sp³-hybridized carbons (Fsp3) is 0.385. The molecule has 1 aliphatic rings. The van der Waals surface area contributed by atoms with Crippen molar-refractivity contribution in [3.8, 4) is 6.07 Å². The van der Waals surface area contributed by atoms with Gasteiger partial charge >= 0.3 is 5.97 Å². The number of carboxylic acids is 1. The summed E-state index contributed by atoms with van der Waals surface area (Å²) in [6, 6.07) is 4.62. The number of hydrogen-bond donors (Lipinski definition) is 1. The third kappa shape index (κ3) is 2.75. The lowest BCUT2D eigenvalue weighted by Crippen LogP contribution is -2.42. The fourth-order valence-electron chi connectivity index (χ4n) is 2.44. The summed E-state index contributed by atoms with van der Waals surface area (Å²) in [5.74, 6) is -1.47. The first kappa shape index (κ1) is 15.8. The van der Waals surface area contributed by atoms with Gasteiger partial charge in [0.1, 0.15) is 10.9 Å². The van der Waals surface area contributed by atoms with Gasteiger partial charge in [-0.2, -0.15) is 9.57 Å². The molecule has 0 radical (unpaired) electrons. The van der Waals surface area contributed by atoms with Crippen molar-refractivity contribution in [2.75, 3.05) is 6.54 Å². The van der Waals surface area contributed by atoms with E-state index in [4.69, 9.17) is 16.9 Å². The lowest BCUT2D eigenvalue weighted by Gasteiger charge is -2.23. The second-order valence-electron chi connectivity index (χ2n) is 4.92. The number of carbonyl (C=O) groups is 1. The monoisotopic (exact) mass is 328 g/mol. The van der Waals surface area contributed by atoms with Gasteiger partial charge in [-0.25, -0.2) is 8.42 Å². The van der Waals surface area contributed by atoms with Crippen LogP contribution in [0.5, 0.6) is 0 Å². The number of carboxylic acid groups (broad SMARTS) is 1.